The van der Waals surface area contributed by atoms with Crippen LogP contribution in [0.4, 0.5) is 0 Å². The monoisotopic (exact) mass is 410 g/mol. The van der Waals surface area contributed by atoms with Crippen LogP contribution in [0.5, 0.6) is 0 Å². The van der Waals surface area contributed by atoms with E-state index in [0.717, 1.165) is 42.4 Å². The van der Waals surface area contributed by atoms with Crippen molar-refractivity contribution in [3.8, 4) is 0 Å². The van der Waals surface area contributed by atoms with E-state index in [9.17, 15) is 9.59 Å². The lowest BCUT2D eigenvalue weighted by molar-refractivity contribution is -0.124. The van der Waals surface area contributed by atoms with Crippen molar-refractivity contribution in [1.82, 2.24) is 20.5 Å². The zero-order valence-electron chi connectivity index (χ0n) is 16.5. The summed E-state index contributed by atoms with van der Waals surface area (Å²) in [5.41, 5.74) is 2.05. The highest BCUT2D eigenvalue weighted by molar-refractivity contribution is 7.12. The Kier molecular flexibility index (Phi) is 5.97. The molecule has 7 heteroatoms. The van der Waals surface area contributed by atoms with Gasteiger partial charge in [-0.05, 0) is 56.1 Å². The molecule has 1 aliphatic heterocycles. The summed E-state index contributed by atoms with van der Waals surface area (Å²) in [6.45, 7) is 1.94. The van der Waals surface area contributed by atoms with Crippen molar-refractivity contribution in [1.29, 1.82) is 0 Å². The number of piperidine rings is 1. The molecule has 29 heavy (non-hydrogen) atoms. The molecule has 1 aromatic carbocycles. The minimum absolute atomic E-state index is 0.116. The predicted octanol–water partition coefficient (Wildman–Crippen LogP) is 2.78. The SMILES string of the molecule is CN1CCC(NC(=O)C(Cc2c[nH]c3ccccc23)NC(=O)c2cccs2)CC1. The van der Waals surface area contributed by atoms with Crippen LogP contribution in [0.3, 0.4) is 0 Å². The van der Waals surface area contributed by atoms with Gasteiger partial charge in [0.15, 0.2) is 0 Å². The third kappa shape index (κ3) is 4.68. The van der Waals surface area contributed by atoms with E-state index in [-0.39, 0.29) is 17.9 Å². The lowest BCUT2D eigenvalue weighted by Crippen LogP contribution is -2.52. The van der Waals surface area contributed by atoms with Crippen LogP contribution in [0.1, 0.15) is 28.1 Å². The summed E-state index contributed by atoms with van der Waals surface area (Å²) in [5.74, 6) is -0.321. The Balaban J connectivity index is 1.51. The first-order valence-electron chi connectivity index (χ1n) is 9.98. The fourth-order valence-electron chi connectivity index (χ4n) is 3.82. The Labute approximate surface area is 174 Å². The normalized spacial score (nSPS) is 16.6. The number of H-pyrrole nitrogens is 1. The van der Waals surface area contributed by atoms with E-state index in [4.69, 9.17) is 0 Å². The summed E-state index contributed by atoms with van der Waals surface area (Å²) in [6.07, 6.45) is 4.24. The minimum Gasteiger partial charge on any atom is -0.361 e. The molecule has 4 rings (SSSR count). The van der Waals surface area contributed by atoms with Crippen LogP contribution in [0.2, 0.25) is 0 Å². The summed E-state index contributed by atoms with van der Waals surface area (Å²) in [5, 5.41) is 9.06. The Bertz CT molecular complexity index is 974. The maximum atomic E-state index is 13.1. The van der Waals surface area contributed by atoms with Gasteiger partial charge in [-0.3, -0.25) is 9.59 Å². The second kappa shape index (κ2) is 8.80. The number of carbonyl (C=O) groups excluding carboxylic acids is 2. The van der Waals surface area contributed by atoms with Crippen molar-refractivity contribution in [2.75, 3.05) is 20.1 Å². The molecular weight excluding hydrogens is 384 g/mol. The number of para-hydroxylation sites is 1. The van der Waals surface area contributed by atoms with Gasteiger partial charge in [-0.2, -0.15) is 0 Å². The third-order valence-corrected chi connectivity index (χ3v) is 6.40. The topological polar surface area (TPSA) is 77.2 Å². The second-order valence-electron chi connectivity index (χ2n) is 7.65. The van der Waals surface area contributed by atoms with Gasteiger partial charge in [-0.15, -0.1) is 11.3 Å². The van der Waals surface area contributed by atoms with Crippen LogP contribution in [-0.4, -0.2) is 53.9 Å². The minimum atomic E-state index is -0.622. The van der Waals surface area contributed by atoms with Crippen molar-refractivity contribution in [3.05, 3.63) is 58.4 Å². The van der Waals surface area contributed by atoms with Crippen LogP contribution >= 0.6 is 11.3 Å². The Hall–Kier alpha value is -2.64. The van der Waals surface area contributed by atoms with Gasteiger partial charge in [0.05, 0.1) is 4.88 Å². The smallest absolute Gasteiger partial charge is 0.262 e. The van der Waals surface area contributed by atoms with Gasteiger partial charge in [0.25, 0.3) is 5.91 Å². The Morgan fingerprint density at radius 3 is 2.76 bits per heavy atom. The first kappa shape index (κ1) is 19.7. The second-order valence-corrected chi connectivity index (χ2v) is 8.60. The largest absolute Gasteiger partial charge is 0.361 e. The third-order valence-electron chi connectivity index (χ3n) is 5.53. The fraction of sp³-hybridized carbons (Fsp3) is 0.364. The molecule has 0 saturated carbocycles. The number of amides is 2. The molecule has 3 heterocycles. The average Bonchev–Trinajstić information content (AvgIpc) is 3.40. The van der Waals surface area contributed by atoms with Crippen molar-refractivity contribution < 1.29 is 9.59 Å². The molecule has 3 aromatic rings. The molecule has 6 nitrogen and oxygen atoms in total. The number of hydrogen-bond donors (Lipinski definition) is 3. The number of carbonyl (C=O) groups is 2. The predicted molar refractivity (Wildman–Crippen MR) is 116 cm³/mol. The van der Waals surface area contributed by atoms with Crippen molar-refractivity contribution in [2.24, 2.45) is 0 Å². The first-order valence-corrected chi connectivity index (χ1v) is 10.9. The number of hydrogen-bond acceptors (Lipinski definition) is 4. The number of rotatable bonds is 6. The first-order chi connectivity index (χ1) is 14.1. The van der Waals surface area contributed by atoms with Crippen LogP contribution in [-0.2, 0) is 11.2 Å². The number of fused-ring (bicyclic) bond motifs is 1. The summed E-state index contributed by atoms with van der Waals surface area (Å²) < 4.78 is 0. The Morgan fingerprint density at radius 1 is 1.21 bits per heavy atom. The standard InChI is InChI=1S/C22H26N4O2S/c1-26-10-8-16(9-11-26)24-21(27)19(25-22(28)20-7-4-12-29-20)13-15-14-23-18-6-3-2-5-17(15)18/h2-7,12,14,16,19,23H,8-11,13H2,1H3,(H,24,27)(H,25,28). The number of aromatic amines is 1. The molecule has 2 aromatic heterocycles. The number of aromatic nitrogens is 1. The van der Waals surface area contributed by atoms with Gasteiger partial charge in [0, 0.05) is 29.6 Å². The van der Waals surface area contributed by atoms with Crippen molar-refractivity contribution in [2.45, 2.75) is 31.3 Å². The van der Waals surface area contributed by atoms with Crippen molar-refractivity contribution >= 4 is 34.1 Å². The Morgan fingerprint density at radius 2 is 2.00 bits per heavy atom. The molecule has 1 saturated heterocycles. The maximum absolute atomic E-state index is 13.1. The molecular formula is C22H26N4O2S. The van der Waals surface area contributed by atoms with Crippen LogP contribution in [0.15, 0.2) is 48.0 Å². The summed E-state index contributed by atoms with van der Waals surface area (Å²) in [6, 6.07) is 11.2. The van der Waals surface area contributed by atoms with E-state index < -0.39 is 6.04 Å². The van der Waals surface area contributed by atoms with Gasteiger partial charge in [0.1, 0.15) is 6.04 Å². The van der Waals surface area contributed by atoms with Gasteiger partial charge >= 0.3 is 0 Å². The van der Waals surface area contributed by atoms with Crippen LogP contribution in [0, 0.1) is 0 Å². The van der Waals surface area contributed by atoms with E-state index >= 15 is 0 Å². The molecule has 152 valence electrons. The number of nitrogens with zero attached hydrogens (tertiary/aromatic N) is 1. The fourth-order valence-corrected chi connectivity index (χ4v) is 4.45. The maximum Gasteiger partial charge on any atom is 0.262 e. The molecule has 0 bridgehead atoms. The number of thiophene rings is 1. The average molecular weight is 411 g/mol. The van der Waals surface area contributed by atoms with E-state index in [2.05, 4.69) is 27.6 Å². The van der Waals surface area contributed by atoms with Gasteiger partial charge in [0.2, 0.25) is 5.91 Å². The number of benzene rings is 1. The highest BCUT2D eigenvalue weighted by Crippen LogP contribution is 2.20. The molecule has 3 N–H and O–H groups in total. The lowest BCUT2D eigenvalue weighted by Gasteiger charge is -2.30. The van der Waals surface area contributed by atoms with Crippen LogP contribution < -0.4 is 10.6 Å². The zero-order chi connectivity index (χ0) is 20.2. The molecule has 2 amide bonds. The molecule has 1 aliphatic rings. The van der Waals surface area contributed by atoms with E-state index in [1.54, 1.807) is 6.07 Å². The van der Waals surface area contributed by atoms with Crippen molar-refractivity contribution in [3.63, 3.8) is 0 Å². The highest BCUT2D eigenvalue weighted by Gasteiger charge is 2.26. The summed E-state index contributed by atoms with van der Waals surface area (Å²) in [4.78, 5) is 31.9. The molecule has 1 fully saturated rings. The van der Waals surface area contributed by atoms with Gasteiger partial charge < -0.3 is 20.5 Å². The number of nitrogens with one attached hydrogen (secondary N) is 3. The summed E-state index contributed by atoms with van der Waals surface area (Å²) >= 11 is 1.38. The van der Waals surface area contributed by atoms with Gasteiger partial charge in [-0.25, -0.2) is 0 Å². The van der Waals surface area contributed by atoms with E-state index in [1.807, 2.05) is 41.9 Å². The molecule has 0 spiro atoms. The lowest BCUT2D eigenvalue weighted by atomic mass is 10.0. The van der Waals surface area contributed by atoms with E-state index in [0.29, 0.717) is 11.3 Å². The molecule has 0 radical (unpaired) electrons. The highest BCUT2D eigenvalue weighted by atomic mass is 32.1. The summed E-state index contributed by atoms with van der Waals surface area (Å²) in [7, 11) is 2.10. The molecule has 1 unspecified atom stereocenters. The molecule has 0 aliphatic carbocycles. The quantitative estimate of drug-likeness (QED) is 0.585. The number of likely N-dealkylation sites (tertiary alicyclic amines) is 1. The molecule has 1 atom stereocenters. The zero-order valence-corrected chi connectivity index (χ0v) is 17.3. The van der Waals surface area contributed by atoms with Gasteiger partial charge in [-0.1, -0.05) is 24.3 Å². The van der Waals surface area contributed by atoms with Crippen LogP contribution in [0.25, 0.3) is 10.9 Å². The van der Waals surface area contributed by atoms with E-state index in [1.165, 1.54) is 11.3 Å².